The standard InChI is InChI=1S/C11H22N2S.C9H19N3S.C2H6/c1-3-9(2)10(12)11(14)13-7-5-4-6-8-13;10-5-4-8(11)9(13)12-6-2-1-3-7-12;1-2/h9-10H,3-8,12H2,1-2H3;8H,1-7,10-11H2;1-2H3/t9?,10-;8-;/m00./s1. The summed E-state index contributed by atoms with van der Waals surface area (Å²) in [5, 5.41) is 0. The van der Waals surface area contributed by atoms with Crippen LogP contribution in [0.3, 0.4) is 0 Å². The second kappa shape index (κ2) is 17.4. The number of nitrogens with zero attached hydrogens (tertiary/aromatic N) is 2. The average Bonchev–Trinajstić information content (AvgIpc) is 2.80. The third kappa shape index (κ3) is 11.0. The molecule has 2 aliphatic heterocycles. The predicted molar refractivity (Wildman–Crippen MR) is 136 cm³/mol. The largest absolute Gasteiger partial charge is 0.365 e. The molecule has 6 N–H and O–H groups in total. The molecule has 172 valence electrons. The molecule has 29 heavy (non-hydrogen) atoms. The maximum absolute atomic E-state index is 6.12. The van der Waals surface area contributed by atoms with Crippen molar-refractivity contribution in [3.8, 4) is 0 Å². The van der Waals surface area contributed by atoms with Crippen LogP contribution in [0.4, 0.5) is 0 Å². The highest BCUT2D eigenvalue weighted by molar-refractivity contribution is 7.80. The van der Waals surface area contributed by atoms with Gasteiger partial charge in [-0.1, -0.05) is 58.6 Å². The van der Waals surface area contributed by atoms with Gasteiger partial charge < -0.3 is 27.0 Å². The van der Waals surface area contributed by atoms with Crippen LogP contribution in [0.2, 0.25) is 0 Å². The van der Waals surface area contributed by atoms with Gasteiger partial charge >= 0.3 is 0 Å². The van der Waals surface area contributed by atoms with E-state index in [2.05, 4.69) is 23.6 Å². The van der Waals surface area contributed by atoms with E-state index in [1.54, 1.807) is 0 Å². The van der Waals surface area contributed by atoms with Crippen LogP contribution in [0.5, 0.6) is 0 Å². The molecular weight excluding hydrogens is 398 g/mol. The highest BCUT2D eigenvalue weighted by atomic mass is 32.1. The van der Waals surface area contributed by atoms with Crippen LogP contribution in [0.15, 0.2) is 0 Å². The Hall–Kier alpha value is -0.340. The Bertz CT molecular complexity index is 431. The van der Waals surface area contributed by atoms with E-state index in [0.29, 0.717) is 12.5 Å². The first-order valence-electron chi connectivity index (χ1n) is 11.7. The van der Waals surface area contributed by atoms with Crippen LogP contribution in [0.1, 0.15) is 79.1 Å². The number of piperidine rings is 2. The maximum atomic E-state index is 6.12. The SMILES string of the molecule is CC.CCC(C)[C@H](N)C(=S)N1CCCCC1.NCC[C@H](N)C(=S)N1CCCCC1. The molecule has 0 aliphatic carbocycles. The molecule has 2 heterocycles. The van der Waals surface area contributed by atoms with Gasteiger partial charge in [0.1, 0.15) is 0 Å². The molecule has 0 aromatic rings. The monoisotopic (exact) mass is 445 g/mol. The summed E-state index contributed by atoms with van der Waals surface area (Å²) in [7, 11) is 0. The number of rotatable bonds is 6. The van der Waals surface area contributed by atoms with Crippen LogP contribution >= 0.6 is 24.4 Å². The predicted octanol–water partition coefficient (Wildman–Crippen LogP) is 3.68. The number of hydrogen-bond donors (Lipinski definition) is 3. The van der Waals surface area contributed by atoms with Crippen LogP contribution in [-0.2, 0) is 0 Å². The number of thiocarbonyl (C=S) groups is 2. The Kier molecular flexibility index (Phi) is 17.1. The molecule has 5 nitrogen and oxygen atoms in total. The van der Waals surface area contributed by atoms with Crippen LogP contribution in [0.25, 0.3) is 0 Å². The Morgan fingerprint density at radius 1 is 0.828 bits per heavy atom. The molecule has 0 spiro atoms. The molecule has 0 aromatic carbocycles. The molecule has 7 heteroatoms. The van der Waals surface area contributed by atoms with Gasteiger partial charge in [-0.3, -0.25) is 0 Å². The summed E-state index contributed by atoms with van der Waals surface area (Å²) in [6.45, 7) is 13.4. The zero-order valence-corrected chi connectivity index (χ0v) is 21.0. The fourth-order valence-electron chi connectivity index (χ4n) is 3.47. The lowest BCUT2D eigenvalue weighted by Gasteiger charge is -2.33. The van der Waals surface area contributed by atoms with E-state index >= 15 is 0 Å². The average molecular weight is 446 g/mol. The van der Waals surface area contributed by atoms with E-state index in [1.807, 2.05) is 13.8 Å². The zero-order valence-electron chi connectivity index (χ0n) is 19.4. The maximum Gasteiger partial charge on any atom is 0.0952 e. The van der Waals surface area contributed by atoms with Gasteiger partial charge in [0.2, 0.25) is 0 Å². The lowest BCUT2D eigenvalue weighted by Crippen LogP contribution is -2.47. The normalized spacial score (nSPS) is 19.7. The van der Waals surface area contributed by atoms with Crippen molar-refractivity contribution in [2.75, 3.05) is 32.7 Å². The van der Waals surface area contributed by atoms with Gasteiger partial charge in [0.05, 0.1) is 22.1 Å². The fourth-order valence-corrected chi connectivity index (χ4v) is 4.19. The number of nitrogens with two attached hydrogens (primary N) is 3. The van der Waals surface area contributed by atoms with E-state index in [-0.39, 0.29) is 12.1 Å². The minimum atomic E-state index is -0.0156. The molecule has 0 bridgehead atoms. The Labute approximate surface area is 191 Å². The summed E-state index contributed by atoms with van der Waals surface area (Å²) in [6, 6.07) is 0.0613. The molecule has 1 unspecified atom stereocenters. The molecule has 0 aromatic heterocycles. The highest BCUT2D eigenvalue weighted by Gasteiger charge is 2.22. The van der Waals surface area contributed by atoms with Crippen LogP contribution < -0.4 is 17.2 Å². The molecule has 0 saturated carbocycles. The lowest BCUT2D eigenvalue weighted by atomic mass is 9.98. The fraction of sp³-hybridized carbons (Fsp3) is 0.909. The van der Waals surface area contributed by atoms with Crippen molar-refractivity contribution in [1.29, 1.82) is 0 Å². The Morgan fingerprint density at radius 3 is 1.62 bits per heavy atom. The van der Waals surface area contributed by atoms with Crippen LogP contribution in [-0.4, -0.2) is 64.6 Å². The molecule has 0 radical (unpaired) electrons. The minimum absolute atomic E-state index is 0.0156. The van der Waals surface area contributed by atoms with E-state index in [1.165, 1.54) is 38.5 Å². The van der Waals surface area contributed by atoms with E-state index in [0.717, 1.165) is 49.0 Å². The molecule has 0 amide bonds. The first-order valence-corrected chi connectivity index (χ1v) is 12.5. The minimum Gasteiger partial charge on any atom is -0.365 e. The van der Waals surface area contributed by atoms with Gasteiger partial charge in [-0.05, 0) is 57.4 Å². The molecular formula is C22H47N5S2. The van der Waals surface area contributed by atoms with Crippen molar-refractivity contribution < 1.29 is 0 Å². The quantitative estimate of drug-likeness (QED) is 0.538. The van der Waals surface area contributed by atoms with Crippen molar-refractivity contribution in [3.05, 3.63) is 0 Å². The molecule has 2 saturated heterocycles. The summed E-state index contributed by atoms with van der Waals surface area (Å²) in [5.41, 5.74) is 17.5. The topological polar surface area (TPSA) is 84.5 Å². The van der Waals surface area contributed by atoms with Gasteiger partial charge in [-0.25, -0.2) is 0 Å². The second-order valence-corrected chi connectivity index (χ2v) is 8.70. The summed E-state index contributed by atoms with van der Waals surface area (Å²) in [6.07, 6.45) is 9.61. The van der Waals surface area contributed by atoms with Crippen LogP contribution in [0, 0.1) is 5.92 Å². The highest BCUT2D eigenvalue weighted by Crippen LogP contribution is 2.15. The first kappa shape index (κ1) is 28.7. The molecule has 2 rings (SSSR count). The van der Waals surface area contributed by atoms with Gasteiger partial charge in [-0.2, -0.15) is 0 Å². The smallest absolute Gasteiger partial charge is 0.0952 e. The third-order valence-corrected chi connectivity index (χ3v) is 6.76. The third-order valence-electron chi connectivity index (χ3n) is 5.67. The van der Waals surface area contributed by atoms with Crippen molar-refractivity contribution in [3.63, 3.8) is 0 Å². The Morgan fingerprint density at radius 2 is 1.24 bits per heavy atom. The summed E-state index contributed by atoms with van der Waals surface area (Å²) in [4.78, 5) is 6.43. The number of hydrogen-bond acceptors (Lipinski definition) is 5. The van der Waals surface area contributed by atoms with Crippen molar-refractivity contribution in [1.82, 2.24) is 9.80 Å². The summed E-state index contributed by atoms with van der Waals surface area (Å²) >= 11 is 10.7. The van der Waals surface area contributed by atoms with E-state index in [9.17, 15) is 0 Å². The van der Waals surface area contributed by atoms with Crippen molar-refractivity contribution >= 4 is 34.4 Å². The van der Waals surface area contributed by atoms with Gasteiger partial charge in [0, 0.05) is 26.2 Å². The molecule has 2 fully saturated rings. The zero-order chi connectivity index (χ0) is 22.2. The summed E-state index contributed by atoms with van der Waals surface area (Å²) in [5.74, 6) is 0.504. The van der Waals surface area contributed by atoms with E-state index in [4.69, 9.17) is 41.6 Å². The second-order valence-electron chi connectivity index (χ2n) is 7.87. The lowest BCUT2D eigenvalue weighted by molar-refractivity contribution is 0.330. The number of likely N-dealkylation sites (tertiary alicyclic amines) is 2. The molecule has 3 atom stereocenters. The first-order chi connectivity index (χ1) is 13.9. The van der Waals surface area contributed by atoms with Crippen molar-refractivity contribution in [2.24, 2.45) is 23.1 Å². The van der Waals surface area contributed by atoms with Gasteiger partial charge in [0.25, 0.3) is 0 Å². The molecule has 2 aliphatic rings. The summed E-state index contributed by atoms with van der Waals surface area (Å²) < 4.78 is 0. The Balaban J connectivity index is 0.000000499. The van der Waals surface area contributed by atoms with Crippen molar-refractivity contribution in [2.45, 2.75) is 91.1 Å². The van der Waals surface area contributed by atoms with Gasteiger partial charge in [-0.15, -0.1) is 0 Å². The van der Waals surface area contributed by atoms with E-state index < -0.39 is 0 Å². The van der Waals surface area contributed by atoms with Gasteiger partial charge in [0.15, 0.2) is 0 Å².